The lowest BCUT2D eigenvalue weighted by Crippen LogP contribution is -2.51. The third-order valence-electron chi connectivity index (χ3n) is 5.85. The van der Waals surface area contributed by atoms with E-state index in [1.165, 1.54) is 32.1 Å². The largest absolute Gasteiger partial charge is 0.550 e. The van der Waals surface area contributed by atoms with E-state index in [2.05, 4.69) is 6.58 Å². The first-order chi connectivity index (χ1) is 14.8. The molecule has 0 rings (SSSR count). The number of aliphatic carboxylic acids is 3. The van der Waals surface area contributed by atoms with Crippen molar-refractivity contribution in [1.82, 2.24) is 0 Å². The van der Waals surface area contributed by atoms with Gasteiger partial charge in [0.05, 0.1) is 39.0 Å². The zero-order valence-corrected chi connectivity index (χ0v) is 19.2. The molecule has 0 aliphatic rings. The van der Waals surface area contributed by atoms with Crippen molar-refractivity contribution in [1.29, 1.82) is 0 Å². The van der Waals surface area contributed by atoms with Gasteiger partial charge in [-0.2, -0.15) is 0 Å². The van der Waals surface area contributed by atoms with Gasteiger partial charge in [0.2, 0.25) is 0 Å². The molecule has 0 radical (unpaired) electrons. The number of rotatable bonds is 23. The number of hydrogen-bond acceptors (Lipinski definition) is 4. The molecule has 2 N–H and O–H groups in total. The lowest BCUT2D eigenvalue weighted by atomic mass is 10.1. The molecule has 0 saturated heterocycles. The summed E-state index contributed by atoms with van der Waals surface area (Å²) < 4.78 is 0.607. The van der Waals surface area contributed by atoms with Crippen LogP contribution in [-0.2, 0) is 14.4 Å². The van der Waals surface area contributed by atoms with Crippen LogP contribution in [0, 0.1) is 0 Å². The summed E-state index contributed by atoms with van der Waals surface area (Å²) in [6, 6.07) is 0. The third-order valence-corrected chi connectivity index (χ3v) is 5.85. The molecule has 0 aliphatic carbocycles. The van der Waals surface area contributed by atoms with Crippen LogP contribution in [-0.4, -0.2) is 58.8 Å². The zero-order valence-electron chi connectivity index (χ0n) is 19.2. The van der Waals surface area contributed by atoms with Crippen molar-refractivity contribution in [2.45, 2.75) is 96.3 Å². The van der Waals surface area contributed by atoms with Gasteiger partial charge in [-0.3, -0.25) is 9.59 Å². The molecule has 0 aromatic carbocycles. The summed E-state index contributed by atoms with van der Waals surface area (Å²) in [5.41, 5.74) is 0. The fraction of sp³-hybridized carbons (Fsp3) is 0.792. The van der Waals surface area contributed by atoms with Gasteiger partial charge in [0.1, 0.15) is 0 Å². The first kappa shape index (κ1) is 29.1. The first-order valence-electron chi connectivity index (χ1n) is 11.9. The Hall–Kier alpha value is -1.89. The van der Waals surface area contributed by atoms with E-state index in [-0.39, 0.29) is 19.3 Å². The standard InChI is InChI=1S/C24H43NO6/c1-2-3-4-5-6-7-8-9-10-11-18-25(19-12-15-22(26)27,20-13-16-23(28)29)21-14-17-24(30)31/h2H,1,3-21H2,(H2-,26,27,28,29,30,31). The van der Waals surface area contributed by atoms with Gasteiger partial charge in [-0.25, -0.2) is 0 Å². The number of carbonyl (C=O) groups excluding carboxylic acids is 1. The Kier molecular flexibility index (Phi) is 17.7. The maximum absolute atomic E-state index is 11.0. The molecular formula is C24H43NO6. The van der Waals surface area contributed by atoms with Crippen molar-refractivity contribution in [2.24, 2.45) is 0 Å². The van der Waals surface area contributed by atoms with Crippen LogP contribution in [0.1, 0.15) is 96.3 Å². The van der Waals surface area contributed by atoms with Crippen LogP contribution >= 0.6 is 0 Å². The highest BCUT2D eigenvalue weighted by Crippen LogP contribution is 2.18. The number of carboxylic acid groups (broad SMARTS) is 3. The van der Waals surface area contributed by atoms with E-state index in [9.17, 15) is 19.5 Å². The van der Waals surface area contributed by atoms with Gasteiger partial charge in [-0.1, -0.05) is 38.2 Å². The summed E-state index contributed by atoms with van der Waals surface area (Å²) in [6.45, 7) is 6.48. The van der Waals surface area contributed by atoms with E-state index in [0.29, 0.717) is 43.4 Å². The Bertz CT molecular complexity index is 470. The molecular weight excluding hydrogens is 398 g/mol. The molecule has 0 saturated carbocycles. The van der Waals surface area contributed by atoms with Crippen molar-refractivity contribution in [3.05, 3.63) is 12.7 Å². The monoisotopic (exact) mass is 441 g/mol. The van der Waals surface area contributed by atoms with Crippen LogP contribution in [0.2, 0.25) is 0 Å². The Balaban J connectivity index is 4.61. The van der Waals surface area contributed by atoms with Crippen LogP contribution in [0.4, 0.5) is 0 Å². The van der Waals surface area contributed by atoms with Crippen molar-refractivity contribution in [3.63, 3.8) is 0 Å². The minimum Gasteiger partial charge on any atom is -0.550 e. The summed E-state index contributed by atoms with van der Waals surface area (Å²) in [7, 11) is 0. The van der Waals surface area contributed by atoms with E-state index in [1.807, 2.05) is 6.08 Å². The predicted octanol–water partition coefficient (Wildman–Crippen LogP) is 3.76. The molecule has 31 heavy (non-hydrogen) atoms. The predicted molar refractivity (Wildman–Crippen MR) is 119 cm³/mol. The average Bonchev–Trinajstić information content (AvgIpc) is 2.68. The molecule has 0 aromatic heterocycles. The van der Waals surface area contributed by atoms with Gasteiger partial charge in [-0.15, -0.1) is 6.58 Å². The zero-order chi connectivity index (χ0) is 23.4. The summed E-state index contributed by atoms with van der Waals surface area (Å²) in [5.74, 6) is -2.76. The highest BCUT2D eigenvalue weighted by Gasteiger charge is 2.26. The molecule has 0 aromatic rings. The minimum absolute atomic E-state index is 0.0241. The molecule has 0 heterocycles. The van der Waals surface area contributed by atoms with Crippen LogP contribution in [0.5, 0.6) is 0 Å². The van der Waals surface area contributed by atoms with Crippen molar-refractivity contribution >= 4 is 17.9 Å². The number of carbonyl (C=O) groups is 3. The lowest BCUT2D eigenvalue weighted by molar-refractivity contribution is -0.929. The number of nitrogens with zero attached hydrogens (tertiary/aromatic N) is 1. The molecule has 0 bridgehead atoms. The summed E-state index contributed by atoms with van der Waals surface area (Å²) in [6.07, 6.45) is 14.0. The fourth-order valence-electron chi connectivity index (χ4n) is 4.16. The first-order valence-corrected chi connectivity index (χ1v) is 11.9. The van der Waals surface area contributed by atoms with E-state index < -0.39 is 17.9 Å². The smallest absolute Gasteiger partial charge is 0.303 e. The average molecular weight is 442 g/mol. The molecule has 0 fully saturated rings. The van der Waals surface area contributed by atoms with Gasteiger partial charge in [-0.05, 0) is 32.1 Å². The van der Waals surface area contributed by atoms with Crippen LogP contribution < -0.4 is 5.11 Å². The quantitative estimate of drug-likeness (QED) is 0.142. The maximum atomic E-state index is 11.0. The number of unbranched alkanes of at least 4 members (excludes halogenated alkanes) is 8. The molecule has 0 atom stereocenters. The Morgan fingerprint density at radius 2 is 1.03 bits per heavy atom. The second kappa shape index (κ2) is 18.8. The van der Waals surface area contributed by atoms with Crippen LogP contribution in [0.3, 0.4) is 0 Å². The highest BCUT2D eigenvalue weighted by atomic mass is 16.4. The van der Waals surface area contributed by atoms with Gasteiger partial charge >= 0.3 is 11.9 Å². The van der Waals surface area contributed by atoms with Gasteiger partial charge in [0.25, 0.3) is 0 Å². The summed E-state index contributed by atoms with van der Waals surface area (Å²) in [5, 5.41) is 28.9. The van der Waals surface area contributed by atoms with Crippen LogP contribution in [0.15, 0.2) is 12.7 Å². The Morgan fingerprint density at radius 1 is 0.645 bits per heavy atom. The van der Waals surface area contributed by atoms with Crippen molar-refractivity contribution < 1.29 is 34.2 Å². The molecule has 7 nitrogen and oxygen atoms in total. The van der Waals surface area contributed by atoms with Crippen LogP contribution in [0.25, 0.3) is 0 Å². The molecule has 0 spiro atoms. The third kappa shape index (κ3) is 18.6. The fourth-order valence-corrected chi connectivity index (χ4v) is 4.16. The molecule has 0 aliphatic heterocycles. The summed E-state index contributed by atoms with van der Waals surface area (Å²) in [4.78, 5) is 32.8. The second-order valence-corrected chi connectivity index (χ2v) is 8.61. The van der Waals surface area contributed by atoms with Gasteiger partial charge in [0, 0.05) is 25.2 Å². The van der Waals surface area contributed by atoms with E-state index in [0.717, 1.165) is 32.2 Å². The second-order valence-electron chi connectivity index (χ2n) is 8.61. The Labute approximate surface area is 187 Å². The van der Waals surface area contributed by atoms with E-state index >= 15 is 0 Å². The number of hydrogen-bond donors (Lipinski definition) is 2. The molecule has 7 heteroatoms. The molecule has 0 unspecified atom stereocenters. The molecule has 0 amide bonds. The van der Waals surface area contributed by atoms with Gasteiger partial charge in [0.15, 0.2) is 0 Å². The lowest BCUT2D eigenvalue weighted by Gasteiger charge is -2.39. The Morgan fingerprint density at radius 3 is 1.45 bits per heavy atom. The maximum Gasteiger partial charge on any atom is 0.303 e. The van der Waals surface area contributed by atoms with Gasteiger partial charge < -0.3 is 24.6 Å². The highest BCUT2D eigenvalue weighted by molar-refractivity contribution is 5.66. The number of quaternary nitrogens is 1. The van der Waals surface area contributed by atoms with Crippen molar-refractivity contribution in [3.8, 4) is 0 Å². The van der Waals surface area contributed by atoms with Crippen molar-refractivity contribution in [2.75, 3.05) is 26.2 Å². The molecule has 180 valence electrons. The number of allylic oxidation sites excluding steroid dienone is 1. The SMILES string of the molecule is C=CCCCCCCCCCC[N+](CCCC(=O)[O-])(CCCC(=O)O)CCCC(=O)O. The topological polar surface area (TPSA) is 115 Å². The number of carboxylic acids is 3. The minimum atomic E-state index is -1.08. The normalized spacial score (nSPS) is 11.4. The summed E-state index contributed by atoms with van der Waals surface area (Å²) >= 11 is 0. The van der Waals surface area contributed by atoms with E-state index in [1.54, 1.807) is 0 Å². The van der Waals surface area contributed by atoms with E-state index in [4.69, 9.17) is 10.2 Å².